The van der Waals surface area contributed by atoms with Crippen LogP contribution in [0.25, 0.3) is 0 Å². The molecule has 0 amide bonds. The van der Waals surface area contributed by atoms with Gasteiger partial charge in [0.1, 0.15) is 0 Å². The molecule has 0 spiro atoms. The minimum atomic E-state index is -3.70. The van der Waals surface area contributed by atoms with Crippen LogP contribution in [0, 0.1) is 0 Å². The predicted octanol–water partition coefficient (Wildman–Crippen LogP) is 3.49. The normalized spacial score (nSPS) is 10.7. The molecular formula is C14H24O4Sn. The van der Waals surface area contributed by atoms with Crippen molar-refractivity contribution < 1.29 is 15.7 Å². The molecule has 0 aliphatic heterocycles. The van der Waals surface area contributed by atoms with Crippen LogP contribution in [0.3, 0.4) is 0 Å². The van der Waals surface area contributed by atoms with Crippen LogP contribution in [0.5, 0.6) is 0 Å². The van der Waals surface area contributed by atoms with E-state index in [9.17, 15) is 9.59 Å². The quantitative estimate of drug-likeness (QED) is 0.482. The van der Waals surface area contributed by atoms with E-state index in [-0.39, 0.29) is 0 Å². The Labute approximate surface area is 120 Å². The fourth-order valence-electron chi connectivity index (χ4n) is 1.40. The van der Waals surface area contributed by atoms with E-state index in [1.807, 2.05) is 13.8 Å². The summed E-state index contributed by atoms with van der Waals surface area (Å²) in [6.07, 6.45) is 1.85. The third-order valence-corrected chi connectivity index (χ3v) is 12.1. The Morgan fingerprint density at radius 2 is 1.42 bits per heavy atom. The SMILES string of the molecule is C=C(C)C(=O)[O][Sn]([CH2]C)([CH2]CCC)[O]C(=O)C(=C)C. The molecule has 19 heavy (non-hydrogen) atoms. The molecule has 0 fully saturated rings. The van der Waals surface area contributed by atoms with E-state index < -0.39 is 31.1 Å². The molecule has 4 nitrogen and oxygen atoms in total. The minimum absolute atomic E-state index is 0.331. The number of rotatable bonds is 8. The van der Waals surface area contributed by atoms with Gasteiger partial charge in [-0.1, -0.05) is 0 Å². The van der Waals surface area contributed by atoms with E-state index in [2.05, 4.69) is 13.2 Å². The molecule has 0 atom stereocenters. The van der Waals surface area contributed by atoms with Gasteiger partial charge in [0.25, 0.3) is 0 Å². The third kappa shape index (κ3) is 6.27. The van der Waals surface area contributed by atoms with Crippen LogP contribution in [0.2, 0.25) is 8.87 Å². The zero-order valence-electron chi connectivity index (χ0n) is 12.4. The molecule has 0 aromatic rings. The van der Waals surface area contributed by atoms with E-state index in [4.69, 9.17) is 6.15 Å². The van der Waals surface area contributed by atoms with Crippen molar-refractivity contribution in [3.05, 3.63) is 24.3 Å². The molecule has 0 unspecified atom stereocenters. The second kappa shape index (κ2) is 8.40. The second-order valence-corrected chi connectivity index (χ2v) is 14.5. The zero-order valence-corrected chi connectivity index (χ0v) is 15.2. The van der Waals surface area contributed by atoms with Gasteiger partial charge in [-0.2, -0.15) is 0 Å². The summed E-state index contributed by atoms with van der Waals surface area (Å²) < 4.78 is 12.4. The zero-order chi connectivity index (χ0) is 15.1. The summed E-state index contributed by atoms with van der Waals surface area (Å²) in [5.74, 6) is -0.911. The van der Waals surface area contributed by atoms with Gasteiger partial charge < -0.3 is 0 Å². The first-order valence-electron chi connectivity index (χ1n) is 6.55. The van der Waals surface area contributed by atoms with E-state index >= 15 is 0 Å². The third-order valence-electron chi connectivity index (χ3n) is 2.70. The van der Waals surface area contributed by atoms with E-state index in [0.717, 1.165) is 12.8 Å². The molecule has 0 aliphatic rings. The van der Waals surface area contributed by atoms with Gasteiger partial charge in [0.05, 0.1) is 0 Å². The van der Waals surface area contributed by atoms with Gasteiger partial charge in [0.15, 0.2) is 0 Å². The first-order valence-corrected chi connectivity index (χ1v) is 12.9. The average molecular weight is 375 g/mol. The van der Waals surface area contributed by atoms with Gasteiger partial charge >= 0.3 is 121 Å². The molecule has 5 heteroatoms. The number of hydrogen-bond acceptors (Lipinski definition) is 4. The number of hydrogen-bond donors (Lipinski definition) is 0. The Kier molecular flexibility index (Phi) is 8.06. The summed E-state index contributed by atoms with van der Waals surface area (Å²) in [4.78, 5) is 23.5. The maximum absolute atomic E-state index is 11.7. The van der Waals surface area contributed by atoms with Crippen LogP contribution in [0.4, 0.5) is 0 Å². The molecule has 0 saturated carbocycles. The standard InChI is InChI=1S/2C4H6O2.C4H9.C2H5.Sn/c2*1-3(2)4(5)6;1-3-4-2;1-2;/h2*1H2,2H3,(H,5,6);1,3-4H2,2H3;1H2,2H3;/q;;;;+2/p-2. The molecule has 0 N–H and O–H groups in total. The van der Waals surface area contributed by atoms with Crippen LogP contribution in [0.15, 0.2) is 24.3 Å². The Morgan fingerprint density at radius 1 is 1.00 bits per heavy atom. The molecule has 0 radical (unpaired) electrons. The first kappa shape index (κ1) is 18.2. The van der Waals surface area contributed by atoms with E-state index in [1.54, 1.807) is 13.8 Å². The van der Waals surface area contributed by atoms with Crippen LogP contribution in [-0.4, -0.2) is 31.1 Å². The monoisotopic (exact) mass is 376 g/mol. The van der Waals surface area contributed by atoms with Gasteiger partial charge in [0.2, 0.25) is 0 Å². The molecule has 0 saturated heterocycles. The fourth-order valence-corrected chi connectivity index (χ4v) is 9.41. The van der Waals surface area contributed by atoms with Crippen LogP contribution in [0.1, 0.15) is 40.5 Å². The van der Waals surface area contributed by atoms with Gasteiger partial charge in [-0.25, -0.2) is 0 Å². The van der Waals surface area contributed by atoms with Crippen molar-refractivity contribution in [1.82, 2.24) is 0 Å². The Morgan fingerprint density at radius 3 is 1.68 bits per heavy atom. The van der Waals surface area contributed by atoms with Crippen molar-refractivity contribution in [3.8, 4) is 0 Å². The number of carbonyl (C=O) groups excluding carboxylic acids is 2. The summed E-state index contributed by atoms with van der Waals surface area (Å²) in [5, 5.41) is 0. The van der Waals surface area contributed by atoms with Gasteiger partial charge in [-0.15, -0.1) is 0 Å². The summed E-state index contributed by atoms with van der Waals surface area (Å²) >= 11 is -3.70. The van der Waals surface area contributed by atoms with Crippen molar-refractivity contribution >= 4 is 31.1 Å². The van der Waals surface area contributed by atoms with Crippen molar-refractivity contribution in [3.63, 3.8) is 0 Å². The summed E-state index contributed by atoms with van der Waals surface area (Å²) in [6.45, 7) is 14.3. The Bertz CT molecular complexity index is 346. The first-order chi connectivity index (χ1) is 8.78. The molecule has 0 aromatic heterocycles. The fraction of sp³-hybridized carbons (Fsp3) is 0.571. The Balaban J connectivity index is 5.06. The molecule has 0 bridgehead atoms. The average Bonchev–Trinajstić information content (AvgIpc) is 2.35. The molecule has 0 aliphatic carbocycles. The summed E-state index contributed by atoms with van der Waals surface area (Å²) in [6, 6.07) is 0. The Hall–Kier alpha value is -0.781. The second-order valence-electron chi connectivity index (χ2n) is 4.71. The predicted molar refractivity (Wildman–Crippen MR) is 77.8 cm³/mol. The van der Waals surface area contributed by atoms with Crippen molar-refractivity contribution in [1.29, 1.82) is 0 Å². The summed E-state index contributed by atoms with van der Waals surface area (Å²) in [5.41, 5.74) is 0.662. The molecular weight excluding hydrogens is 351 g/mol. The topological polar surface area (TPSA) is 52.6 Å². The maximum atomic E-state index is 11.7. The van der Waals surface area contributed by atoms with Crippen LogP contribution < -0.4 is 0 Å². The number of carbonyl (C=O) groups is 2. The number of unbranched alkanes of at least 4 members (excludes halogenated alkanes) is 1. The summed E-state index contributed by atoms with van der Waals surface area (Å²) in [7, 11) is 0. The van der Waals surface area contributed by atoms with Crippen molar-refractivity contribution in [2.24, 2.45) is 0 Å². The van der Waals surface area contributed by atoms with Gasteiger partial charge in [0, 0.05) is 0 Å². The van der Waals surface area contributed by atoms with Crippen molar-refractivity contribution in [2.45, 2.75) is 49.4 Å². The molecule has 0 rings (SSSR count). The van der Waals surface area contributed by atoms with E-state index in [1.165, 1.54) is 0 Å². The molecule has 0 aromatic carbocycles. The van der Waals surface area contributed by atoms with Gasteiger partial charge in [-0.3, -0.25) is 0 Å². The molecule has 0 heterocycles. The van der Waals surface area contributed by atoms with E-state index in [0.29, 0.717) is 20.0 Å². The van der Waals surface area contributed by atoms with Crippen LogP contribution in [-0.2, 0) is 15.7 Å². The molecule has 108 valence electrons. The van der Waals surface area contributed by atoms with Crippen molar-refractivity contribution in [2.75, 3.05) is 0 Å². The van der Waals surface area contributed by atoms with Crippen LogP contribution >= 0.6 is 0 Å². The van der Waals surface area contributed by atoms with Gasteiger partial charge in [-0.05, 0) is 0 Å².